The zero-order chi connectivity index (χ0) is 19.9. The average molecular weight is 382 g/mol. The maximum atomic E-state index is 12.8. The van der Waals surface area contributed by atoms with Crippen LogP contribution >= 0.6 is 0 Å². The normalized spacial score (nSPS) is 10.5. The van der Waals surface area contributed by atoms with Crippen LogP contribution in [0, 0.1) is 12.7 Å². The van der Waals surface area contributed by atoms with E-state index in [1.165, 1.54) is 24.3 Å². The van der Waals surface area contributed by atoms with Crippen LogP contribution in [0.3, 0.4) is 0 Å². The molecule has 0 bridgehead atoms. The SMILES string of the molecule is Cc1ccc(-c2noc(CCC(=O)NNC(=O)Cc3ccc(F)cc3)n2)cc1. The maximum absolute atomic E-state index is 12.8. The number of amides is 2. The van der Waals surface area contributed by atoms with E-state index in [9.17, 15) is 14.0 Å². The number of hydrogen-bond donors (Lipinski definition) is 2. The number of rotatable bonds is 6. The van der Waals surface area contributed by atoms with E-state index < -0.39 is 5.91 Å². The molecule has 1 aromatic heterocycles. The third-order valence-corrected chi connectivity index (χ3v) is 3.96. The molecule has 144 valence electrons. The van der Waals surface area contributed by atoms with Crippen LogP contribution in [0.15, 0.2) is 53.1 Å². The van der Waals surface area contributed by atoms with Crippen molar-refractivity contribution < 1.29 is 18.5 Å². The first-order valence-corrected chi connectivity index (χ1v) is 8.71. The number of nitrogens with one attached hydrogen (secondary N) is 2. The highest BCUT2D eigenvalue weighted by Crippen LogP contribution is 2.16. The smallest absolute Gasteiger partial charge is 0.242 e. The third-order valence-electron chi connectivity index (χ3n) is 3.96. The fourth-order valence-electron chi connectivity index (χ4n) is 2.43. The molecular formula is C20H19FN4O3. The maximum Gasteiger partial charge on any atom is 0.242 e. The molecule has 0 aliphatic heterocycles. The summed E-state index contributed by atoms with van der Waals surface area (Å²) in [5, 5.41) is 3.91. The van der Waals surface area contributed by atoms with Gasteiger partial charge in [0, 0.05) is 18.4 Å². The fraction of sp³-hybridized carbons (Fsp3) is 0.200. The van der Waals surface area contributed by atoms with Gasteiger partial charge in [-0.05, 0) is 24.6 Å². The van der Waals surface area contributed by atoms with E-state index in [2.05, 4.69) is 21.0 Å². The zero-order valence-electron chi connectivity index (χ0n) is 15.2. The van der Waals surface area contributed by atoms with Gasteiger partial charge in [0.2, 0.25) is 23.5 Å². The number of carbonyl (C=O) groups excluding carboxylic acids is 2. The Bertz CT molecular complexity index is 952. The molecule has 0 aliphatic carbocycles. The molecule has 0 saturated heterocycles. The minimum absolute atomic E-state index is 0.0319. The Morgan fingerprint density at radius 3 is 2.39 bits per heavy atom. The molecule has 3 aromatic rings. The van der Waals surface area contributed by atoms with Crippen molar-refractivity contribution in [1.29, 1.82) is 0 Å². The van der Waals surface area contributed by atoms with Crippen molar-refractivity contribution in [2.45, 2.75) is 26.2 Å². The van der Waals surface area contributed by atoms with Crippen molar-refractivity contribution in [3.63, 3.8) is 0 Å². The first-order valence-electron chi connectivity index (χ1n) is 8.71. The van der Waals surface area contributed by atoms with Gasteiger partial charge in [-0.3, -0.25) is 20.4 Å². The van der Waals surface area contributed by atoms with Gasteiger partial charge in [0.25, 0.3) is 0 Å². The summed E-state index contributed by atoms with van der Waals surface area (Å²) in [4.78, 5) is 27.9. The molecule has 7 nitrogen and oxygen atoms in total. The van der Waals surface area contributed by atoms with E-state index in [4.69, 9.17) is 4.52 Å². The van der Waals surface area contributed by atoms with Crippen molar-refractivity contribution in [1.82, 2.24) is 21.0 Å². The number of benzene rings is 2. The Morgan fingerprint density at radius 1 is 1.00 bits per heavy atom. The molecule has 28 heavy (non-hydrogen) atoms. The van der Waals surface area contributed by atoms with Gasteiger partial charge in [-0.2, -0.15) is 4.98 Å². The Kier molecular flexibility index (Phi) is 6.11. The average Bonchev–Trinajstić information content (AvgIpc) is 3.16. The largest absolute Gasteiger partial charge is 0.339 e. The van der Waals surface area contributed by atoms with Crippen LogP contribution in [0.4, 0.5) is 4.39 Å². The first-order chi connectivity index (χ1) is 13.5. The van der Waals surface area contributed by atoms with Crippen LogP contribution in [-0.4, -0.2) is 22.0 Å². The summed E-state index contributed by atoms with van der Waals surface area (Å²) < 4.78 is 18.0. The first kappa shape index (κ1) is 19.2. The molecule has 0 fully saturated rings. The number of hydrazine groups is 1. The summed E-state index contributed by atoms with van der Waals surface area (Å²) >= 11 is 0. The molecule has 1 heterocycles. The van der Waals surface area contributed by atoms with Gasteiger partial charge in [0.1, 0.15) is 5.82 Å². The minimum atomic E-state index is -0.403. The summed E-state index contributed by atoms with van der Waals surface area (Å²) in [6.45, 7) is 1.99. The van der Waals surface area contributed by atoms with Crippen LogP contribution in [0.25, 0.3) is 11.4 Å². The van der Waals surface area contributed by atoms with Gasteiger partial charge in [0.15, 0.2) is 0 Å². The number of halogens is 1. The van der Waals surface area contributed by atoms with Gasteiger partial charge in [-0.25, -0.2) is 4.39 Å². The Balaban J connectivity index is 1.42. The number of carbonyl (C=O) groups is 2. The predicted molar refractivity (Wildman–Crippen MR) is 99.2 cm³/mol. The standard InChI is InChI=1S/C20H19FN4O3/c1-13-2-6-15(7-3-13)20-22-19(28-25-20)11-10-17(26)23-24-18(27)12-14-4-8-16(21)9-5-14/h2-9H,10-12H2,1H3,(H,23,26)(H,24,27). The Morgan fingerprint density at radius 2 is 1.68 bits per heavy atom. The monoisotopic (exact) mass is 382 g/mol. The summed E-state index contributed by atoms with van der Waals surface area (Å²) in [6, 6.07) is 13.3. The highest BCUT2D eigenvalue weighted by atomic mass is 19.1. The predicted octanol–water partition coefficient (Wildman–Crippen LogP) is 2.51. The zero-order valence-corrected chi connectivity index (χ0v) is 15.2. The molecule has 2 N–H and O–H groups in total. The van der Waals surface area contributed by atoms with Gasteiger partial charge >= 0.3 is 0 Å². The number of hydrogen-bond acceptors (Lipinski definition) is 5. The number of aryl methyl sites for hydroxylation is 2. The van der Waals surface area contributed by atoms with Crippen molar-refractivity contribution in [2.75, 3.05) is 0 Å². The lowest BCUT2D eigenvalue weighted by atomic mass is 10.1. The molecule has 0 spiro atoms. The minimum Gasteiger partial charge on any atom is -0.339 e. The van der Waals surface area contributed by atoms with Crippen molar-refractivity contribution in [3.05, 3.63) is 71.4 Å². The van der Waals surface area contributed by atoms with Gasteiger partial charge in [0.05, 0.1) is 6.42 Å². The third kappa shape index (κ3) is 5.47. The molecule has 2 amide bonds. The summed E-state index contributed by atoms with van der Waals surface area (Å²) in [5.41, 5.74) is 7.25. The molecule has 0 unspecified atom stereocenters. The lowest BCUT2D eigenvalue weighted by Gasteiger charge is -2.06. The second-order valence-corrected chi connectivity index (χ2v) is 6.28. The quantitative estimate of drug-likeness (QED) is 0.639. The van der Waals surface area contributed by atoms with Crippen LogP contribution in [0.5, 0.6) is 0 Å². The number of aromatic nitrogens is 2. The highest BCUT2D eigenvalue weighted by molar-refractivity contribution is 5.83. The lowest BCUT2D eigenvalue weighted by molar-refractivity contribution is -0.128. The van der Waals surface area contributed by atoms with E-state index in [1.54, 1.807) is 0 Å². The van der Waals surface area contributed by atoms with Crippen LogP contribution in [0.2, 0.25) is 0 Å². The van der Waals surface area contributed by atoms with E-state index >= 15 is 0 Å². The second-order valence-electron chi connectivity index (χ2n) is 6.28. The molecule has 0 aliphatic rings. The van der Waals surface area contributed by atoms with E-state index in [0.717, 1.165) is 11.1 Å². The van der Waals surface area contributed by atoms with Gasteiger partial charge < -0.3 is 4.52 Å². The van der Waals surface area contributed by atoms with Gasteiger partial charge in [-0.1, -0.05) is 47.1 Å². The molecular weight excluding hydrogens is 363 g/mol. The van der Waals surface area contributed by atoms with Crippen molar-refractivity contribution in [2.24, 2.45) is 0 Å². The molecule has 8 heteroatoms. The van der Waals surface area contributed by atoms with Gasteiger partial charge in [-0.15, -0.1) is 0 Å². The summed E-state index contributed by atoms with van der Waals surface area (Å²) in [6.07, 6.45) is 0.356. The second kappa shape index (κ2) is 8.90. The van der Waals surface area contributed by atoms with E-state index in [0.29, 0.717) is 17.3 Å². The van der Waals surface area contributed by atoms with E-state index in [1.807, 2.05) is 31.2 Å². The molecule has 0 radical (unpaired) electrons. The van der Waals surface area contributed by atoms with Crippen molar-refractivity contribution >= 4 is 11.8 Å². The molecule has 0 saturated carbocycles. The highest BCUT2D eigenvalue weighted by Gasteiger charge is 2.11. The fourth-order valence-corrected chi connectivity index (χ4v) is 2.43. The summed E-state index contributed by atoms with van der Waals surface area (Å²) in [5.74, 6) is -0.364. The Hall–Kier alpha value is -3.55. The van der Waals surface area contributed by atoms with Crippen molar-refractivity contribution in [3.8, 4) is 11.4 Å². The van der Waals surface area contributed by atoms with Crippen LogP contribution in [-0.2, 0) is 22.4 Å². The number of nitrogens with zero attached hydrogens (tertiary/aromatic N) is 2. The lowest BCUT2D eigenvalue weighted by Crippen LogP contribution is -2.42. The molecule has 0 atom stereocenters. The molecule has 2 aromatic carbocycles. The Labute approximate surface area is 160 Å². The van der Waals surface area contributed by atoms with Crippen LogP contribution < -0.4 is 10.9 Å². The van der Waals surface area contributed by atoms with Crippen LogP contribution in [0.1, 0.15) is 23.4 Å². The topological polar surface area (TPSA) is 97.1 Å². The summed E-state index contributed by atoms with van der Waals surface area (Å²) in [7, 11) is 0. The molecule has 3 rings (SSSR count). The van der Waals surface area contributed by atoms with E-state index in [-0.39, 0.29) is 31.0 Å².